The van der Waals surface area contributed by atoms with Gasteiger partial charge in [-0.2, -0.15) is 0 Å². The second-order valence-corrected chi connectivity index (χ2v) is 8.48. The lowest BCUT2D eigenvalue weighted by atomic mass is 10.1. The van der Waals surface area contributed by atoms with Crippen LogP contribution in [0.4, 0.5) is 5.95 Å². The Morgan fingerprint density at radius 2 is 1.83 bits per heavy atom. The first-order valence-corrected chi connectivity index (χ1v) is 11.7. The molecule has 0 aliphatic rings. The number of aromatic nitrogens is 2. The topological polar surface area (TPSA) is 157 Å². The number of carboxylic acids is 1. The number of benzene rings is 1. The predicted molar refractivity (Wildman–Crippen MR) is 137 cm³/mol. The minimum Gasteiger partial charge on any atom is -0.480 e. The number of thiophene rings is 1. The number of carbonyl (C=O) groups excluding carboxylic acids is 2. The van der Waals surface area contributed by atoms with E-state index in [4.69, 9.17) is 5.41 Å². The zero-order valence-corrected chi connectivity index (χ0v) is 20.4. The molecule has 2 amide bonds. The first-order chi connectivity index (χ1) is 17.3. The molecule has 1 aromatic carbocycles. The molecule has 0 aliphatic carbocycles. The quantitative estimate of drug-likeness (QED) is 0.221. The molecule has 3 aromatic rings. The van der Waals surface area contributed by atoms with E-state index >= 15 is 0 Å². The molecule has 0 bridgehead atoms. The molecule has 36 heavy (non-hydrogen) atoms. The van der Waals surface area contributed by atoms with Gasteiger partial charge < -0.3 is 26.5 Å². The Hall–Kier alpha value is -4.56. The van der Waals surface area contributed by atoms with Gasteiger partial charge in [-0.15, -0.1) is 11.3 Å². The zero-order valence-electron chi connectivity index (χ0n) is 19.6. The van der Waals surface area contributed by atoms with Crippen molar-refractivity contribution in [3.63, 3.8) is 0 Å². The van der Waals surface area contributed by atoms with Gasteiger partial charge in [0.05, 0.1) is 28.4 Å². The van der Waals surface area contributed by atoms with Gasteiger partial charge >= 0.3 is 5.97 Å². The van der Waals surface area contributed by atoms with E-state index in [0.29, 0.717) is 21.8 Å². The van der Waals surface area contributed by atoms with Crippen LogP contribution in [0.3, 0.4) is 0 Å². The van der Waals surface area contributed by atoms with Crippen LogP contribution in [0.5, 0.6) is 0 Å². The van der Waals surface area contributed by atoms with Gasteiger partial charge in [-0.1, -0.05) is 36.1 Å². The Morgan fingerprint density at radius 1 is 1.11 bits per heavy atom. The highest BCUT2D eigenvalue weighted by Gasteiger charge is 2.24. The standard InChI is InChI=1S/C25H24N6O4S/c1-15-21(23(33)31-19(24(34)35)14-28-22(32)20-10-6-12-36-20)16(2)30-25(29-15)27-11-5-9-17-7-3-4-8-18(17)13-26/h3-4,6-8,10,12-13,19,26H,11,14H2,1-2H3,(H,28,32)(H,31,33)(H,34,35)(H,27,29,30)/t19-/m0/s1. The second-order valence-electron chi connectivity index (χ2n) is 7.53. The molecule has 5 N–H and O–H groups in total. The number of amides is 2. The summed E-state index contributed by atoms with van der Waals surface area (Å²) in [6.45, 7) is 3.20. The van der Waals surface area contributed by atoms with Crippen LogP contribution in [-0.2, 0) is 4.79 Å². The highest BCUT2D eigenvalue weighted by molar-refractivity contribution is 7.12. The summed E-state index contributed by atoms with van der Waals surface area (Å²) in [4.78, 5) is 45.6. The number of carbonyl (C=O) groups is 3. The Morgan fingerprint density at radius 3 is 2.47 bits per heavy atom. The third-order valence-electron chi connectivity index (χ3n) is 4.99. The summed E-state index contributed by atoms with van der Waals surface area (Å²) < 4.78 is 0. The molecule has 3 rings (SSSR count). The number of aliphatic carboxylic acids is 1. The van der Waals surface area contributed by atoms with Crippen molar-refractivity contribution >= 4 is 41.3 Å². The molecule has 2 aromatic heterocycles. The number of aryl methyl sites for hydroxylation is 2. The fourth-order valence-corrected chi connectivity index (χ4v) is 3.88. The summed E-state index contributed by atoms with van der Waals surface area (Å²) in [6.07, 6.45) is 1.24. The van der Waals surface area contributed by atoms with Crippen LogP contribution in [-0.4, -0.2) is 58.2 Å². The Bertz CT molecular complexity index is 1320. The van der Waals surface area contributed by atoms with E-state index in [1.807, 2.05) is 18.2 Å². The first-order valence-electron chi connectivity index (χ1n) is 10.8. The van der Waals surface area contributed by atoms with Gasteiger partial charge in [0.25, 0.3) is 11.8 Å². The number of hydrogen-bond donors (Lipinski definition) is 5. The fourth-order valence-electron chi connectivity index (χ4n) is 3.24. The first kappa shape index (κ1) is 26.1. The van der Waals surface area contributed by atoms with Crippen LogP contribution in [0.2, 0.25) is 0 Å². The van der Waals surface area contributed by atoms with Crippen LogP contribution in [0, 0.1) is 31.1 Å². The number of anilines is 1. The van der Waals surface area contributed by atoms with Crippen molar-refractivity contribution in [2.24, 2.45) is 0 Å². The third-order valence-corrected chi connectivity index (χ3v) is 5.86. The van der Waals surface area contributed by atoms with Gasteiger partial charge in [-0.25, -0.2) is 14.8 Å². The van der Waals surface area contributed by atoms with E-state index in [-0.39, 0.29) is 24.6 Å². The average molecular weight is 505 g/mol. The van der Waals surface area contributed by atoms with Crippen molar-refractivity contribution in [1.82, 2.24) is 20.6 Å². The summed E-state index contributed by atoms with van der Waals surface area (Å²) in [5, 5.41) is 26.6. The SMILES string of the molecule is Cc1nc(NCC#Cc2ccccc2C=N)nc(C)c1C(=O)N[C@@H](CNC(=O)c1cccs1)C(=O)O. The normalized spacial score (nSPS) is 10.9. The van der Waals surface area contributed by atoms with Gasteiger partial charge in [0.15, 0.2) is 0 Å². The van der Waals surface area contributed by atoms with Gasteiger partial charge in [0.1, 0.15) is 6.04 Å². The number of hydrogen-bond acceptors (Lipinski definition) is 8. The Kier molecular flexibility index (Phi) is 8.85. The van der Waals surface area contributed by atoms with Crippen LogP contribution in [0.15, 0.2) is 41.8 Å². The highest BCUT2D eigenvalue weighted by atomic mass is 32.1. The molecular weight excluding hydrogens is 480 g/mol. The van der Waals surface area contributed by atoms with E-state index < -0.39 is 23.8 Å². The average Bonchev–Trinajstić information content (AvgIpc) is 3.39. The largest absolute Gasteiger partial charge is 0.480 e. The number of carboxylic acid groups (broad SMARTS) is 1. The number of rotatable bonds is 9. The lowest BCUT2D eigenvalue weighted by Gasteiger charge is -2.17. The third kappa shape index (κ3) is 6.74. The van der Waals surface area contributed by atoms with Crippen molar-refractivity contribution in [1.29, 1.82) is 5.41 Å². The van der Waals surface area contributed by atoms with Gasteiger partial charge in [-0.3, -0.25) is 9.59 Å². The smallest absolute Gasteiger partial charge is 0.328 e. The molecule has 0 aliphatic heterocycles. The van der Waals surface area contributed by atoms with Crippen LogP contribution in [0.25, 0.3) is 0 Å². The van der Waals surface area contributed by atoms with E-state index in [9.17, 15) is 19.5 Å². The van der Waals surface area contributed by atoms with Crippen molar-refractivity contribution < 1.29 is 19.5 Å². The predicted octanol–water partition coefficient (Wildman–Crippen LogP) is 2.23. The van der Waals surface area contributed by atoms with Crippen molar-refractivity contribution in [3.05, 3.63) is 74.7 Å². The van der Waals surface area contributed by atoms with Gasteiger partial charge in [0.2, 0.25) is 5.95 Å². The zero-order chi connectivity index (χ0) is 26.1. The van der Waals surface area contributed by atoms with Gasteiger partial charge in [-0.05, 0) is 31.4 Å². The lowest BCUT2D eigenvalue weighted by molar-refractivity contribution is -0.139. The van der Waals surface area contributed by atoms with E-state index in [0.717, 1.165) is 5.56 Å². The molecule has 10 nitrogen and oxygen atoms in total. The molecule has 11 heteroatoms. The fraction of sp³-hybridized carbons (Fsp3) is 0.200. The molecule has 0 saturated carbocycles. The molecule has 184 valence electrons. The minimum absolute atomic E-state index is 0.155. The Labute approximate surface area is 211 Å². The molecular formula is C25H24N6O4S. The summed E-state index contributed by atoms with van der Waals surface area (Å²) in [5.41, 5.74) is 2.32. The van der Waals surface area contributed by atoms with E-state index in [1.54, 1.807) is 37.4 Å². The molecule has 0 saturated heterocycles. The molecule has 0 unspecified atom stereocenters. The summed E-state index contributed by atoms with van der Waals surface area (Å²) >= 11 is 1.23. The minimum atomic E-state index is -1.34. The summed E-state index contributed by atoms with van der Waals surface area (Å²) in [7, 11) is 0. The maximum Gasteiger partial charge on any atom is 0.328 e. The Balaban J connectivity index is 1.63. The molecule has 2 heterocycles. The number of nitrogens with one attached hydrogen (secondary N) is 4. The maximum atomic E-state index is 12.8. The van der Waals surface area contributed by atoms with E-state index in [1.165, 1.54) is 17.6 Å². The van der Waals surface area contributed by atoms with Crippen molar-refractivity contribution in [3.8, 4) is 11.8 Å². The van der Waals surface area contributed by atoms with Crippen molar-refractivity contribution in [2.75, 3.05) is 18.4 Å². The van der Waals surface area contributed by atoms with Crippen molar-refractivity contribution in [2.45, 2.75) is 19.9 Å². The van der Waals surface area contributed by atoms with Gasteiger partial charge in [0, 0.05) is 23.9 Å². The molecule has 0 fully saturated rings. The molecule has 0 spiro atoms. The lowest BCUT2D eigenvalue weighted by Crippen LogP contribution is -2.48. The monoisotopic (exact) mass is 504 g/mol. The maximum absolute atomic E-state index is 12.8. The number of nitrogens with zero attached hydrogens (tertiary/aromatic N) is 2. The molecule has 0 radical (unpaired) electrons. The summed E-state index contributed by atoms with van der Waals surface area (Å²) in [6, 6.07) is 9.30. The second kappa shape index (κ2) is 12.2. The van der Waals surface area contributed by atoms with E-state index in [2.05, 4.69) is 37.8 Å². The van der Waals surface area contributed by atoms with Crippen LogP contribution < -0.4 is 16.0 Å². The molecule has 1 atom stereocenters. The summed E-state index contributed by atoms with van der Waals surface area (Å²) in [5.74, 6) is 3.85. The highest BCUT2D eigenvalue weighted by Crippen LogP contribution is 2.13. The van der Waals surface area contributed by atoms with Crippen LogP contribution >= 0.6 is 11.3 Å². The van der Waals surface area contributed by atoms with Crippen LogP contribution in [0.1, 0.15) is 42.5 Å².